The molecule has 0 saturated carbocycles. The third-order valence-electron chi connectivity index (χ3n) is 9.15. The van der Waals surface area contributed by atoms with E-state index in [1.54, 1.807) is 22.9 Å². The second kappa shape index (κ2) is 26.6. The lowest BCUT2D eigenvalue weighted by Crippen LogP contribution is -2.64. The summed E-state index contributed by atoms with van der Waals surface area (Å²) < 4.78 is 24.9. The van der Waals surface area contributed by atoms with Crippen molar-refractivity contribution in [1.29, 1.82) is 0 Å². The quantitative estimate of drug-likeness (QED) is 0.0252. The molecule has 0 spiro atoms. The van der Waals surface area contributed by atoms with Crippen molar-refractivity contribution in [2.75, 3.05) is 33.0 Å². The van der Waals surface area contributed by atoms with Gasteiger partial charge in [0.05, 0.1) is 36.1 Å². The van der Waals surface area contributed by atoms with Crippen LogP contribution in [0.1, 0.15) is 84.5 Å². The maximum absolute atomic E-state index is 12.6. The Morgan fingerprint density at radius 1 is 0.655 bits per heavy atom. The molecule has 2 fully saturated rings. The summed E-state index contributed by atoms with van der Waals surface area (Å²) in [6.07, 6.45) is -4.48. The van der Waals surface area contributed by atoms with Crippen molar-refractivity contribution in [3.05, 3.63) is 0 Å². The minimum atomic E-state index is -1.41. The summed E-state index contributed by atoms with van der Waals surface area (Å²) in [5, 5.41) is 70.3. The van der Waals surface area contributed by atoms with Crippen LogP contribution in [0.3, 0.4) is 0 Å². The van der Waals surface area contributed by atoms with Gasteiger partial charge in [-0.3, -0.25) is 27.5 Å². The second-order valence-electron chi connectivity index (χ2n) is 13.7. The summed E-state index contributed by atoms with van der Waals surface area (Å²) in [6, 6.07) is -2.78. The molecule has 2 heterocycles. The lowest BCUT2D eigenvalue weighted by Gasteiger charge is -2.42. The van der Waals surface area contributed by atoms with Gasteiger partial charge in [0.1, 0.15) is 54.7 Å². The normalized spacial score (nSPS) is 28.5. The van der Waals surface area contributed by atoms with Crippen molar-refractivity contribution in [1.82, 2.24) is 24.8 Å². The molecule has 0 aromatic heterocycles. The molecule has 55 heavy (non-hydrogen) atoms. The zero-order chi connectivity index (χ0) is 40.9. The Morgan fingerprint density at radius 3 is 1.56 bits per heavy atom. The molecule has 0 radical (unpaired) electrons. The standard InChI is InChI=1S/C34H60IN5O15/c1-19(43)37-26-30(49)28(47)22(17-41)54-33(26)52-15-9-3-5-12-24(45)36-14-8-7-11-21(32(51)40-35)39-25(46)13-6-4-10-16-53-34-27(38-20(2)44)31(50)29(48)23(18-42)55-34/h21-23,26-31,33-34,41-42,47-50H,3-18H2,1-2H3,(H,36,45)(H,37,43)(H,38,44)(H,39,46)(H,40,51). The first-order valence-electron chi connectivity index (χ1n) is 18.7. The van der Waals surface area contributed by atoms with Crippen molar-refractivity contribution in [2.45, 2.75) is 152 Å². The first kappa shape index (κ1) is 48.8. The van der Waals surface area contributed by atoms with Gasteiger partial charge in [0.2, 0.25) is 23.6 Å². The van der Waals surface area contributed by atoms with Gasteiger partial charge in [0.15, 0.2) is 12.6 Å². The molecule has 318 valence electrons. The molecule has 0 aliphatic carbocycles. The fourth-order valence-corrected chi connectivity index (χ4v) is 6.52. The number of hydrogen-bond acceptors (Lipinski definition) is 15. The zero-order valence-corrected chi connectivity index (χ0v) is 33.6. The van der Waals surface area contributed by atoms with Gasteiger partial charge in [-0.25, -0.2) is 0 Å². The maximum atomic E-state index is 12.6. The summed E-state index contributed by atoms with van der Waals surface area (Å²) >= 11 is 1.71. The average molecular weight is 906 g/mol. The second-order valence-corrected chi connectivity index (χ2v) is 14.2. The van der Waals surface area contributed by atoms with Crippen molar-refractivity contribution in [3.8, 4) is 0 Å². The molecule has 0 bridgehead atoms. The van der Waals surface area contributed by atoms with E-state index in [9.17, 15) is 54.6 Å². The van der Waals surface area contributed by atoms with E-state index in [0.29, 0.717) is 64.3 Å². The predicted molar refractivity (Wildman–Crippen MR) is 201 cm³/mol. The van der Waals surface area contributed by atoms with E-state index in [1.165, 1.54) is 13.8 Å². The molecular formula is C34H60IN5O15. The number of carbonyl (C=O) groups excluding carboxylic acids is 5. The summed E-state index contributed by atoms with van der Waals surface area (Å²) in [5.41, 5.74) is 0. The highest BCUT2D eigenvalue weighted by Crippen LogP contribution is 2.24. The number of aliphatic hydroxyl groups excluding tert-OH is 6. The lowest BCUT2D eigenvalue weighted by atomic mass is 9.97. The first-order chi connectivity index (χ1) is 26.2. The minimum Gasteiger partial charge on any atom is -0.394 e. The molecular weight excluding hydrogens is 845 g/mol. The molecule has 20 nitrogen and oxygen atoms in total. The highest BCUT2D eigenvalue weighted by molar-refractivity contribution is 14.1. The molecule has 2 rings (SSSR count). The fourth-order valence-electron chi connectivity index (χ4n) is 6.14. The van der Waals surface area contributed by atoms with Gasteiger partial charge in [0.25, 0.3) is 5.91 Å². The van der Waals surface area contributed by atoms with Crippen LogP contribution in [0.25, 0.3) is 0 Å². The summed E-state index contributed by atoms with van der Waals surface area (Å²) in [4.78, 5) is 60.4. The van der Waals surface area contributed by atoms with Gasteiger partial charge >= 0.3 is 0 Å². The van der Waals surface area contributed by atoms with E-state index in [-0.39, 0.29) is 43.8 Å². The Hall–Kier alpha value is -2.32. The number of amides is 5. The molecule has 11 unspecified atom stereocenters. The van der Waals surface area contributed by atoms with Crippen LogP contribution in [0.15, 0.2) is 0 Å². The van der Waals surface area contributed by atoms with E-state index >= 15 is 0 Å². The van der Waals surface area contributed by atoms with E-state index in [0.717, 1.165) is 0 Å². The Bertz CT molecular complexity index is 1190. The zero-order valence-electron chi connectivity index (χ0n) is 31.4. The number of rotatable bonds is 25. The lowest BCUT2D eigenvalue weighted by molar-refractivity contribution is -0.270. The fraction of sp³-hybridized carbons (Fsp3) is 0.853. The van der Waals surface area contributed by atoms with E-state index < -0.39 is 92.4 Å². The van der Waals surface area contributed by atoms with Crippen LogP contribution < -0.4 is 24.8 Å². The third-order valence-corrected chi connectivity index (χ3v) is 9.68. The third kappa shape index (κ3) is 17.4. The van der Waals surface area contributed by atoms with Crippen LogP contribution in [0, 0.1) is 0 Å². The Labute approximate surface area is 334 Å². The number of aliphatic hydroxyl groups is 6. The van der Waals surface area contributed by atoms with Crippen LogP contribution in [0.2, 0.25) is 0 Å². The van der Waals surface area contributed by atoms with Gasteiger partial charge in [-0.2, -0.15) is 0 Å². The number of unbranched alkanes of at least 4 members (excludes halogenated alkanes) is 5. The van der Waals surface area contributed by atoms with Crippen molar-refractivity contribution < 1.29 is 73.6 Å². The average Bonchev–Trinajstić information content (AvgIpc) is 3.15. The number of nitrogens with one attached hydrogen (secondary N) is 5. The smallest absolute Gasteiger partial charge is 0.251 e. The Morgan fingerprint density at radius 2 is 1.13 bits per heavy atom. The van der Waals surface area contributed by atoms with Crippen molar-refractivity contribution in [3.63, 3.8) is 0 Å². The molecule has 2 aliphatic rings. The molecule has 11 atom stereocenters. The van der Waals surface area contributed by atoms with Crippen molar-refractivity contribution >= 4 is 52.4 Å². The molecule has 0 aromatic carbocycles. The Balaban J connectivity index is 1.59. The topological polar surface area (TPSA) is 304 Å². The molecule has 2 saturated heterocycles. The van der Waals surface area contributed by atoms with Crippen LogP contribution in [0.5, 0.6) is 0 Å². The molecule has 0 aromatic rings. The van der Waals surface area contributed by atoms with Crippen LogP contribution in [-0.2, 0) is 42.9 Å². The number of carbonyl (C=O) groups is 5. The van der Waals surface area contributed by atoms with Gasteiger partial charge in [-0.1, -0.05) is 12.8 Å². The number of halogens is 1. The maximum Gasteiger partial charge on any atom is 0.251 e. The highest BCUT2D eigenvalue weighted by Gasteiger charge is 2.46. The molecule has 5 amide bonds. The first-order valence-corrected chi connectivity index (χ1v) is 19.8. The van der Waals surface area contributed by atoms with Gasteiger partial charge in [-0.05, 0) is 44.9 Å². The van der Waals surface area contributed by atoms with E-state index in [2.05, 4.69) is 24.8 Å². The van der Waals surface area contributed by atoms with Crippen LogP contribution >= 0.6 is 22.9 Å². The minimum absolute atomic E-state index is 0.130. The summed E-state index contributed by atoms with van der Waals surface area (Å²) in [7, 11) is 0. The SMILES string of the molecule is CC(=O)NC1C(OCCCCCC(=O)NCCCCC(NC(=O)CCCCCOC2OC(CO)C(O)C(O)C2NC(C)=O)C(=O)NI)OC(CO)C(O)C1O. The summed E-state index contributed by atoms with van der Waals surface area (Å²) in [6.45, 7) is 2.19. The van der Waals surface area contributed by atoms with Crippen molar-refractivity contribution in [2.24, 2.45) is 0 Å². The van der Waals surface area contributed by atoms with E-state index in [1.807, 2.05) is 0 Å². The molecule has 2 aliphatic heterocycles. The molecule has 11 N–H and O–H groups in total. The number of ether oxygens (including phenoxy) is 4. The summed E-state index contributed by atoms with van der Waals surface area (Å²) in [5.74, 6) is -1.66. The Kier molecular flexibility index (Phi) is 23.6. The van der Waals surface area contributed by atoms with Crippen LogP contribution in [-0.4, -0.2) is 160 Å². The van der Waals surface area contributed by atoms with Crippen LogP contribution in [0.4, 0.5) is 0 Å². The van der Waals surface area contributed by atoms with Gasteiger partial charge in [-0.15, -0.1) is 0 Å². The number of hydrogen-bond donors (Lipinski definition) is 11. The predicted octanol–water partition coefficient (Wildman–Crippen LogP) is -2.73. The molecule has 21 heteroatoms. The van der Waals surface area contributed by atoms with Gasteiger partial charge < -0.3 is 70.9 Å². The van der Waals surface area contributed by atoms with Gasteiger partial charge in [0, 0.05) is 46.4 Å². The largest absolute Gasteiger partial charge is 0.394 e. The van der Waals surface area contributed by atoms with E-state index in [4.69, 9.17) is 18.9 Å². The highest BCUT2D eigenvalue weighted by atomic mass is 127. The monoisotopic (exact) mass is 905 g/mol.